The van der Waals surface area contributed by atoms with Gasteiger partial charge in [-0.3, -0.25) is 0 Å². The molecule has 0 saturated carbocycles. The Hall–Kier alpha value is -2.28. The van der Waals surface area contributed by atoms with Crippen LogP contribution < -0.4 is 0 Å². The van der Waals surface area contributed by atoms with Crippen molar-refractivity contribution in [2.24, 2.45) is 0 Å². The van der Waals surface area contributed by atoms with Crippen LogP contribution in [-0.4, -0.2) is 29.5 Å². The molecule has 7 heteroatoms. The summed E-state index contributed by atoms with van der Waals surface area (Å²) in [6, 6.07) is 8.61. The van der Waals surface area contributed by atoms with Crippen LogP contribution in [-0.2, 0) is 10.3 Å². The van der Waals surface area contributed by atoms with Crippen LogP contribution in [0, 0.1) is 4.77 Å². The van der Waals surface area contributed by atoms with E-state index in [-0.39, 0.29) is 16.2 Å². The average molecular weight is 252 g/mol. The molecule has 0 fully saturated rings. The van der Waals surface area contributed by atoms with Gasteiger partial charge in [0.25, 0.3) is 10.3 Å². The largest absolute Gasteiger partial charge is 0.477 e. The number of benzene rings is 1. The van der Waals surface area contributed by atoms with Crippen molar-refractivity contribution in [2.75, 3.05) is 0 Å². The number of hydrogen-bond acceptors (Lipinski definition) is 3. The molecule has 0 unspecified atom stereocenters. The molecule has 2 rings (SSSR count). The van der Waals surface area contributed by atoms with Crippen LogP contribution >= 0.6 is 0 Å². The normalized spacial score (nSPS) is 10.1. The van der Waals surface area contributed by atoms with Crippen molar-refractivity contribution in [1.29, 1.82) is 0 Å². The van der Waals surface area contributed by atoms with E-state index in [1.165, 1.54) is 0 Å². The fourth-order valence-electron chi connectivity index (χ4n) is 1.45. The molecule has 1 aromatic heterocycles. The summed E-state index contributed by atoms with van der Waals surface area (Å²) in [6.07, 6.45) is 0. The average Bonchev–Trinajstić information content (AvgIpc) is 2.75. The zero-order chi connectivity index (χ0) is 12.4. The summed E-state index contributed by atoms with van der Waals surface area (Å²) in [5.74, 6) is -1.23. The van der Waals surface area contributed by atoms with Crippen molar-refractivity contribution < 1.29 is 18.3 Å². The minimum absolute atomic E-state index is 0.185. The first-order valence-electron chi connectivity index (χ1n) is 4.63. The third kappa shape index (κ3) is 2.13. The van der Waals surface area contributed by atoms with Crippen molar-refractivity contribution in [3.8, 4) is 11.3 Å². The van der Waals surface area contributed by atoms with Crippen LogP contribution in [0.4, 0.5) is 0 Å². The van der Waals surface area contributed by atoms with E-state index in [0.717, 1.165) is 0 Å². The Morgan fingerprint density at radius 3 is 2.29 bits per heavy atom. The second-order valence-corrected chi connectivity index (χ2v) is 4.11. The second-order valence-electron chi connectivity index (χ2n) is 3.24. The lowest BCUT2D eigenvalue weighted by atomic mass is 10.1. The molecule has 3 N–H and O–H groups in total. The van der Waals surface area contributed by atoms with E-state index < -0.39 is 16.3 Å². The number of H-pyrrole nitrogens is 2. The maximum atomic E-state index is 11.0. The summed E-state index contributed by atoms with van der Waals surface area (Å²) >= 11 is 0. The van der Waals surface area contributed by atoms with Crippen molar-refractivity contribution in [3.05, 3.63) is 40.8 Å². The molecule has 0 bridgehead atoms. The minimum atomic E-state index is -2.53. The van der Waals surface area contributed by atoms with Crippen LogP contribution in [0.5, 0.6) is 0 Å². The number of carboxylic acid groups (broad SMARTS) is 1. The Kier molecular flexibility index (Phi) is 2.84. The monoisotopic (exact) mass is 252 g/mol. The highest BCUT2D eigenvalue weighted by Crippen LogP contribution is 2.19. The first kappa shape index (κ1) is 11.2. The number of aromatic carboxylic acids is 1. The molecular weight excluding hydrogens is 244 g/mol. The highest BCUT2D eigenvalue weighted by atomic mass is 32.2. The van der Waals surface area contributed by atoms with E-state index in [2.05, 4.69) is 9.97 Å². The number of rotatable bonds is 2. The van der Waals surface area contributed by atoms with Crippen LogP contribution in [0.25, 0.3) is 11.3 Å². The van der Waals surface area contributed by atoms with Gasteiger partial charge in [0, 0.05) is 5.56 Å². The van der Waals surface area contributed by atoms with E-state index in [1.807, 2.05) is 0 Å². The predicted octanol–water partition coefficient (Wildman–Crippen LogP) is 1.12. The van der Waals surface area contributed by atoms with Gasteiger partial charge in [-0.1, -0.05) is 30.3 Å². The Bertz CT molecular complexity index is 717. The van der Waals surface area contributed by atoms with Gasteiger partial charge in [0.1, 0.15) is 0 Å². The lowest BCUT2D eigenvalue weighted by molar-refractivity contribution is 0.0692. The smallest absolute Gasteiger partial charge is 0.354 e. The van der Waals surface area contributed by atoms with Crippen molar-refractivity contribution in [1.82, 2.24) is 9.97 Å². The van der Waals surface area contributed by atoms with Gasteiger partial charge in [-0.2, -0.15) is 8.42 Å². The topological polar surface area (TPSA) is 103 Å². The summed E-state index contributed by atoms with van der Waals surface area (Å²) in [4.78, 5) is 15.8. The van der Waals surface area contributed by atoms with E-state index in [4.69, 9.17) is 5.11 Å². The highest BCUT2D eigenvalue weighted by molar-refractivity contribution is 7.63. The molecule has 0 spiro atoms. The first-order valence-corrected chi connectivity index (χ1v) is 5.70. The molecular formula is C10H8N2O4S. The molecule has 2 aromatic rings. The van der Waals surface area contributed by atoms with Crippen LogP contribution in [0.3, 0.4) is 0 Å². The number of nitrogens with one attached hydrogen (secondary N) is 2. The second kappa shape index (κ2) is 4.30. The Balaban J connectivity index is 2.78. The Morgan fingerprint density at radius 2 is 1.76 bits per heavy atom. The first-order chi connectivity index (χ1) is 8.09. The molecule has 0 aliphatic heterocycles. The third-order valence-corrected chi connectivity index (χ3v) is 2.71. The van der Waals surface area contributed by atoms with E-state index in [0.29, 0.717) is 5.56 Å². The van der Waals surface area contributed by atoms with E-state index in [9.17, 15) is 13.2 Å². The maximum absolute atomic E-state index is 11.0. The van der Waals surface area contributed by atoms with Crippen molar-refractivity contribution in [2.45, 2.75) is 0 Å². The third-order valence-electron chi connectivity index (χ3n) is 2.17. The van der Waals surface area contributed by atoms with Gasteiger partial charge in [0.15, 0.2) is 5.69 Å². The number of aromatic amines is 2. The molecule has 6 nitrogen and oxygen atoms in total. The number of aromatic nitrogens is 2. The van der Waals surface area contributed by atoms with Gasteiger partial charge in [-0.15, -0.1) is 0 Å². The van der Waals surface area contributed by atoms with Crippen molar-refractivity contribution >= 4 is 16.3 Å². The number of carbonyl (C=O) groups is 1. The lowest BCUT2D eigenvalue weighted by Crippen LogP contribution is -1.99. The molecule has 0 saturated heterocycles. The summed E-state index contributed by atoms with van der Waals surface area (Å²) in [5, 5.41) is 8.97. The zero-order valence-electron chi connectivity index (χ0n) is 8.47. The van der Waals surface area contributed by atoms with E-state index in [1.54, 1.807) is 30.3 Å². The molecule has 0 aliphatic rings. The van der Waals surface area contributed by atoms with Gasteiger partial charge in [0.2, 0.25) is 4.77 Å². The highest BCUT2D eigenvalue weighted by Gasteiger charge is 2.14. The molecule has 0 aliphatic carbocycles. The van der Waals surface area contributed by atoms with Crippen molar-refractivity contribution in [3.63, 3.8) is 0 Å². The summed E-state index contributed by atoms with van der Waals surface area (Å²) in [5.41, 5.74) is 0.644. The lowest BCUT2D eigenvalue weighted by Gasteiger charge is -1.98. The molecule has 88 valence electrons. The van der Waals surface area contributed by atoms with Crippen LogP contribution in [0.2, 0.25) is 0 Å². The van der Waals surface area contributed by atoms with Gasteiger partial charge in [-0.05, 0) is 0 Å². The van der Waals surface area contributed by atoms with Gasteiger partial charge >= 0.3 is 5.97 Å². The van der Waals surface area contributed by atoms with Crippen LogP contribution in [0.1, 0.15) is 10.5 Å². The minimum Gasteiger partial charge on any atom is -0.477 e. The van der Waals surface area contributed by atoms with Gasteiger partial charge < -0.3 is 15.1 Å². The van der Waals surface area contributed by atoms with Crippen LogP contribution in [0.15, 0.2) is 30.3 Å². The van der Waals surface area contributed by atoms with Gasteiger partial charge in [-0.25, -0.2) is 4.79 Å². The summed E-state index contributed by atoms with van der Waals surface area (Å²) in [6.45, 7) is 0. The predicted molar refractivity (Wildman–Crippen MR) is 59.7 cm³/mol. The SMILES string of the molecule is O=C(O)c1[nH]c(=S(=O)=O)[nH]c1-c1ccccc1. The molecule has 1 heterocycles. The molecule has 1 aromatic carbocycles. The number of hydrogen-bond donors (Lipinski definition) is 3. The molecule has 0 amide bonds. The summed E-state index contributed by atoms with van der Waals surface area (Å²) < 4.78 is 21.3. The fourth-order valence-corrected chi connectivity index (χ4v) is 1.82. The van der Waals surface area contributed by atoms with Gasteiger partial charge in [0.05, 0.1) is 5.69 Å². The number of carboxylic acids is 1. The quantitative estimate of drug-likeness (QED) is 0.697. The Labute approximate surface area is 97.1 Å². The molecule has 0 radical (unpaired) electrons. The molecule has 0 atom stereocenters. The maximum Gasteiger partial charge on any atom is 0.354 e. The molecule has 17 heavy (non-hydrogen) atoms. The standard InChI is InChI=1S/C10H8N2O4S/c13-9(14)8-7(6-4-2-1-3-5-6)11-10(12-8)17(15)16/h1-5,11-12H,(H,13,14). The summed E-state index contributed by atoms with van der Waals surface area (Å²) in [7, 11) is -2.53. The number of imidazole rings is 1. The Morgan fingerprint density at radius 1 is 1.12 bits per heavy atom. The van der Waals surface area contributed by atoms with E-state index >= 15 is 0 Å². The fraction of sp³-hybridized carbons (Fsp3) is 0. The zero-order valence-corrected chi connectivity index (χ0v) is 9.28.